The first-order chi connectivity index (χ1) is 13.5. The van der Waals surface area contributed by atoms with Crippen LogP contribution in [0.5, 0.6) is 0 Å². The minimum atomic E-state index is -5.08. The third kappa shape index (κ3) is 6.04. The maximum absolute atomic E-state index is 11.2. The number of carbonyl (C=O) groups is 2. The molecule has 2 N–H and O–H groups in total. The molecule has 29 heavy (non-hydrogen) atoms. The molecule has 0 saturated carbocycles. The number of nitrogens with zero attached hydrogens (tertiary/aromatic N) is 2. The standard InChI is InChI=1S/C17H19ClN2O2.C2HF3O2/c1-11-13-6-2-3-7-14(13)19-15(16(11)18)10-20-8-4-5-12(9-20)17(21)22;3-2(4,5)1(6)7/h2-3,6-7,12H,4-5,8-10H2,1H3,(H,21,22);(H,6,7). The van der Waals surface area contributed by atoms with Gasteiger partial charge in [-0.3, -0.25) is 9.69 Å². The van der Waals surface area contributed by atoms with E-state index in [9.17, 15) is 23.1 Å². The van der Waals surface area contributed by atoms with Gasteiger partial charge in [-0.05, 0) is 37.9 Å². The van der Waals surface area contributed by atoms with Crippen molar-refractivity contribution < 1.29 is 33.0 Å². The van der Waals surface area contributed by atoms with Crippen LogP contribution in [0.1, 0.15) is 24.1 Å². The molecule has 1 aliphatic rings. The van der Waals surface area contributed by atoms with Crippen molar-refractivity contribution in [3.63, 3.8) is 0 Å². The molecule has 10 heteroatoms. The SMILES string of the molecule is Cc1c(Cl)c(CN2CCCC(C(=O)O)C2)nc2ccccc12.O=C(O)C(F)(F)F. The number of fused-ring (bicyclic) bond motifs is 1. The monoisotopic (exact) mass is 432 g/mol. The van der Waals surface area contributed by atoms with Crippen molar-refractivity contribution in [1.82, 2.24) is 9.88 Å². The summed E-state index contributed by atoms with van der Waals surface area (Å²) in [6, 6.07) is 7.95. The Morgan fingerprint density at radius 1 is 1.28 bits per heavy atom. The quantitative estimate of drug-likeness (QED) is 0.758. The number of benzene rings is 1. The number of pyridine rings is 1. The van der Waals surface area contributed by atoms with Crippen LogP contribution in [0.3, 0.4) is 0 Å². The Morgan fingerprint density at radius 2 is 1.90 bits per heavy atom. The summed E-state index contributed by atoms with van der Waals surface area (Å²) in [5.41, 5.74) is 2.81. The minimum absolute atomic E-state index is 0.283. The van der Waals surface area contributed by atoms with E-state index in [4.69, 9.17) is 21.5 Å². The Hall–Kier alpha value is -2.39. The molecule has 0 bridgehead atoms. The number of piperidine rings is 1. The first kappa shape index (κ1) is 22.9. The number of rotatable bonds is 3. The summed E-state index contributed by atoms with van der Waals surface area (Å²) in [5, 5.41) is 18.1. The average molecular weight is 433 g/mol. The molecule has 0 aliphatic carbocycles. The lowest BCUT2D eigenvalue weighted by atomic mass is 9.98. The highest BCUT2D eigenvalue weighted by molar-refractivity contribution is 6.32. The maximum Gasteiger partial charge on any atom is 0.490 e. The molecule has 2 aromatic rings. The Kier molecular flexibility index (Phi) is 7.43. The Morgan fingerprint density at radius 3 is 2.48 bits per heavy atom. The summed E-state index contributed by atoms with van der Waals surface area (Å²) in [5.74, 6) is -3.75. The summed E-state index contributed by atoms with van der Waals surface area (Å²) in [4.78, 5) is 26.9. The average Bonchev–Trinajstić information content (AvgIpc) is 2.66. The smallest absolute Gasteiger partial charge is 0.481 e. The lowest BCUT2D eigenvalue weighted by molar-refractivity contribution is -0.192. The maximum atomic E-state index is 11.2. The second-order valence-electron chi connectivity index (χ2n) is 6.73. The summed E-state index contributed by atoms with van der Waals surface area (Å²) in [6.07, 6.45) is -3.43. The van der Waals surface area contributed by atoms with E-state index in [0.717, 1.165) is 41.5 Å². The van der Waals surface area contributed by atoms with Crippen molar-refractivity contribution in [3.8, 4) is 0 Å². The van der Waals surface area contributed by atoms with Gasteiger partial charge in [0.2, 0.25) is 0 Å². The molecule has 1 saturated heterocycles. The molecule has 1 atom stereocenters. The van der Waals surface area contributed by atoms with Crippen LogP contribution in [0, 0.1) is 12.8 Å². The first-order valence-electron chi connectivity index (χ1n) is 8.79. The van der Waals surface area contributed by atoms with E-state index in [1.165, 1.54) is 0 Å². The lowest BCUT2D eigenvalue weighted by Crippen LogP contribution is -2.38. The number of carboxylic acids is 2. The fraction of sp³-hybridized carbons (Fsp3) is 0.421. The molecule has 3 rings (SSSR count). The number of carboxylic acid groups (broad SMARTS) is 2. The van der Waals surface area contributed by atoms with Gasteiger partial charge in [-0.25, -0.2) is 9.78 Å². The number of alkyl halides is 3. The number of hydrogen-bond donors (Lipinski definition) is 2. The molecule has 1 unspecified atom stereocenters. The van der Waals surface area contributed by atoms with E-state index in [-0.39, 0.29) is 5.92 Å². The Labute approximate surface area is 169 Å². The molecule has 0 amide bonds. The van der Waals surface area contributed by atoms with Gasteiger partial charge in [-0.15, -0.1) is 0 Å². The van der Waals surface area contributed by atoms with Gasteiger partial charge in [-0.1, -0.05) is 29.8 Å². The highest BCUT2D eigenvalue weighted by Gasteiger charge is 2.38. The third-order valence-electron chi connectivity index (χ3n) is 4.62. The number of aryl methyl sites for hydroxylation is 1. The fourth-order valence-corrected chi connectivity index (χ4v) is 3.34. The predicted octanol–water partition coefficient (Wildman–Crippen LogP) is 4.13. The van der Waals surface area contributed by atoms with Crippen LogP contribution in [-0.2, 0) is 16.1 Å². The number of hydrogen-bond acceptors (Lipinski definition) is 4. The number of aromatic nitrogens is 1. The van der Waals surface area contributed by atoms with Gasteiger partial charge < -0.3 is 10.2 Å². The molecule has 1 fully saturated rings. The zero-order valence-electron chi connectivity index (χ0n) is 15.5. The Balaban J connectivity index is 0.000000370. The van der Waals surface area contributed by atoms with Crippen LogP contribution >= 0.6 is 11.6 Å². The van der Waals surface area contributed by atoms with E-state index < -0.39 is 18.1 Å². The number of likely N-dealkylation sites (tertiary alicyclic amines) is 1. The molecule has 0 radical (unpaired) electrons. The highest BCUT2D eigenvalue weighted by atomic mass is 35.5. The second-order valence-corrected chi connectivity index (χ2v) is 7.11. The number of halogens is 4. The van der Waals surface area contributed by atoms with E-state index in [0.29, 0.717) is 18.1 Å². The van der Waals surface area contributed by atoms with Crippen LogP contribution in [0.15, 0.2) is 24.3 Å². The van der Waals surface area contributed by atoms with Crippen molar-refractivity contribution in [2.45, 2.75) is 32.5 Å². The van der Waals surface area contributed by atoms with Crippen LogP contribution < -0.4 is 0 Å². The van der Waals surface area contributed by atoms with Crippen LogP contribution in [-0.4, -0.2) is 51.3 Å². The zero-order valence-corrected chi connectivity index (χ0v) is 16.3. The van der Waals surface area contributed by atoms with Crippen LogP contribution in [0.2, 0.25) is 5.02 Å². The minimum Gasteiger partial charge on any atom is -0.481 e. The first-order valence-corrected chi connectivity index (χ1v) is 9.17. The van der Waals surface area contributed by atoms with E-state index >= 15 is 0 Å². The molecule has 6 nitrogen and oxygen atoms in total. The van der Waals surface area contributed by atoms with E-state index in [1.807, 2.05) is 31.2 Å². The number of aliphatic carboxylic acids is 2. The second kappa shape index (κ2) is 9.41. The summed E-state index contributed by atoms with van der Waals surface area (Å²) in [6.45, 7) is 4.08. The van der Waals surface area contributed by atoms with Gasteiger partial charge in [-0.2, -0.15) is 13.2 Å². The van der Waals surface area contributed by atoms with Crippen molar-refractivity contribution in [2.24, 2.45) is 5.92 Å². The molecule has 0 spiro atoms. The van der Waals surface area contributed by atoms with Crippen LogP contribution in [0.25, 0.3) is 10.9 Å². The van der Waals surface area contributed by atoms with Gasteiger partial charge >= 0.3 is 18.1 Å². The molecule has 1 aliphatic heterocycles. The van der Waals surface area contributed by atoms with E-state index in [2.05, 4.69) is 9.88 Å². The largest absolute Gasteiger partial charge is 0.490 e. The molecule has 1 aromatic carbocycles. The van der Waals surface area contributed by atoms with Gasteiger partial charge in [0.05, 0.1) is 22.2 Å². The van der Waals surface area contributed by atoms with Crippen molar-refractivity contribution in [1.29, 1.82) is 0 Å². The molecular formula is C19H20ClF3N2O4. The van der Waals surface area contributed by atoms with Gasteiger partial charge in [0.25, 0.3) is 0 Å². The third-order valence-corrected chi connectivity index (χ3v) is 5.12. The predicted molar refractivity (Wildman–Crippen MR) is 101 cm³/mol. The van der Waals surface area contributed by atoms with Crippen molar-refractivity contribution in [2.75, 3.05) is 13.1 Å². The summed E-state index contributed by atoms with van der Waals surface area (Å²) >= 11 is 6.48. The molecule has 2 heterocycles. The van der Waals surface area contributed by atoms with Gasteiger partial charge in [0.1, 0.15) is 0 Å². The summed E-state index contributed by atoms with van der Waals surface area (Å²) in [7, 11) is 0. The van der Waals surface area contributed by atoms with E-state index in [1.54, 1.807) is 0 Å². The van der Waals surface area contributed by atoms with Crippen molar-refractivity contribution in [3.05, 3.63) is 40.5 Å². The Bertz CT molecular complexity index is 905. The highest BCUT2D eigenvalue weighted by Crippen LogP contribution is 2.28. The number of para-hydroxylation sites is 1. The fourth-order valence-electron chi connectivity index (χ4n) is 3.13. The van der Waals surface area contributed by atoms with Crippen molar-refractivity contribution >= 4 is 34.4 Å². The van der Waals surface area contributed by atoms with Crippen LogP contribution in [0.4, 0.5) is 13.2 Å². The topological polar surface area (TPSA) is 90.7 Å². The summed E-state index contributed by atoms with van der Waals surface area (Å²) < 4.78 is 31.7. The lowest BCUT2D eigenvalue weighted by Gasteiger charge is -2.30. The zero-order chi connectivity index (χ0) is 21.8. The molecular weight excluding hydrogens is 413 g/mol. The van der Waals surface area contributed by atoms with Gasteiger partial charge in [0, 0.05) is 18.5 Å². The molecule has 158 valence electrons. The normalized spacial score (nSPS) is 17.5. The molecule has 1 aromatic heterocycles. The van der Waals surface area contributed by atoms with Gasteiger partial charge in [0.15, 0.2) is 0 Å².